The van der Waals surface area contributed by atoms with Crippen molar-refractivity contribution >= 4 is 17.5 Å². The van der Waals surface area contributed by atoms with Crippen molar-refractivity contribution in [2.45, 2.75) is 31.5 Å². The van der Waals surface area contributed by atoms with Crippen LogP contribution in [0.4, 0.5) is 5.69 Å². The lowest BCUT2D eigenvalue weighted by molar-refractivity contribution is -0.129. The van der Waals surface area contributed by atoms with Gasteiger partial charge in [0.05, 0.1) is 34.8 Å². The second-order valence-electron chi connectivity index (χ2n) is 8.31. The first-order chi connectivity index (χ1) is 13.9. The van der Waals surface area contributed by atoms with E-state index in [1.807, 2.05) is 49.4 Å². The smallest absolute Gasteiger partial charge is 0.241 e. The number of nitrogens with zero attached hydrogens (tertiary/aromatic N) is 2. The number of hydrogen-bond donors (Lipinski definition) is 0. The molecule has 0 N–H and O–H groups in total. The van der Waals surface area contributed by atoms with Gasteiger partial charge in [0.25, 0.3) is 0 Å². The minimum Gasteiger partial charge on any atom is -0.359 e. The number of carbonyl (C=O) groups excluding carboxylic acids is 2. The highest BCUT2D eigenvalue weighted by Gasteiger charge is 2.71. The maximum Gasteiger partial charge on any atom is 0.241 e. The van der Waals surface area contributed by atoms with Crippen LogP contribution in [-0.2, 0) is 20.7 Å². The van der Waals surface area contributed by atoms with Crippen LogP contribution in [0, 0.1) is 30.1 Å². The maximum atomic E-state index is 13.5. The number of anilines is 1. The van der Waals surface area contributed by atoms with Crippen LogP contribution in [-0.4, -0.2) is 23.0 Å². The fourth-order valence-corrected chi connectivity index (χ4v) is 5.14. The van der Waals surface area contributed by atoms with Crippen molar-refractivity contribution in [2.24, 2.45) is 11.8 Å². The second kappa shape index (κ2) is 5.88. The Morgan fingerprint density at radius 3 is 2.48 bits per heavy atom. The SMILES string of the molecule is Cc1cc(N2C(=O)[C@@H]3[C@H](C2=O)C2(Cc4ccccc4)C=CC3(C)O2)ccc1C#N. The van der Waals surface area contributed by atoms with Crippen molar-refractivity contribution in [3.8, 4) is 6.07 Å². The predicted molar refractivity (Wildman–Crippen MR) is 107 cm³/mol. The third kappa shape index (κ3) is 2.36. The predicted octanol–water partition coefficient (Wildman–Crippen LogP) is 3.31. The molecule has 5 heteroatoms. The van der Waals surface area contributed by atoms with Crippen LogP contribution in [0.5, 0.6) is 0 Å². The minimum absolute atomic E-state index is 0.229. The summed E-state index contributed by atoms with van der Waals surface area (Å²) in [6.07, 6.45) is 4.45. The number of rotatable bonds is 3. The fraction of sp³-hybridized carbons (Fsp3) is 0.292. The van der Waals surface area contributed by atoms with Gasteiger partial charge in [-0.05, 0) is 43.2 Å². The number of carbonyl (C=O) groups is 2. The van der Waals surface area contributed by atoms with E-state index >= 15 is 0 Å². The van der Waals surface area contributed by atoms with Crippen LogP contribution in [0.2, 0.25) is 0 Å². The highest BCUT2D eigenvalue weighted by atomic mass is 16.5. The van der Waals surface area contributed by atoms with Crippen molar-refractivity contribution in [3.63, 3.8) is 0 Å². The maximum absolute atomic E-state index is 13.5. The summed E-state index contributed by atoms with van der Waals surface area (Å²) < 4.78 is 6.38. The molecule has 2 saturated heterocycles. The summed E-state index contributed by atoms with van der Waals surface area (Å²) >= 11 is 0. The van der Waals surface area contributed by atoms with Crippen LogP contribution >= 0.6 is 0 Å². The van der Waals surface area contributed by atoms with E-state index in [0.717, 1.165) is 11.1 Å². The van der Waals surface area contributed by atoms with Gasteiger partial charge < -0.3 is 4.74 Å². The lowest BCUT2D eigenvalue weighted by Crippen LogP contribution is -2.42. The molecule has 0 saturated carbocycles. The minimum atomic E-state index is -0.816. The normalized spacial score (nSPS) is 32.0. The summed E-state index contributed by atoms with van der Waals surface area (Å²) in [7, 11) is 0. The molecule has 5 rings (SSSR count). The Hall–Kier alpha value is -3.23. The van der Waals surface area contributed by atoms with Crippen LogP contribution in [0.25, 0.3) is 0 Å². The largest absolute Gasteiger partial charge is 0.359 e. The van der Waals surface area contributed by atoms with E-state index < -0.39 is 23.0 Å². The molecule has 3 aliphatic rings. The summed E-state index contributed by atoms with van der Waals surface area (Å²) in [6, 6.07) is 17.1. The van der Waals surface area contributed by atoms with Crippen molar-refractivity contribution in [1.29, 1.82) is 5.26 Å². The second-order valence-corrected chi connectivity index (χ2v) is 8.31. The van der Waals surface area contributed by atoms with Gasteiger partial charge in [-0.15, -0.1) is 0 Å². The number of aryl methyl sites for hydroxylation is 1. The molecular weight excluding hydrogens is 364 g/mol. The van der Waals surface area contributed by atoms with Crippen LogP contribution in [0.1, 0.15) is 23.6 Å². The van der Waals surface area contributed by atoms with Gasteiger partial charge in [-0.3, -0.25) is 9.59 Å². The Balaban J connectivity index is 1.56. The van der Waals surface area contributed by atoms with Crippen molar-refractivity contribution in [2.75, 3.05) is 4.90 Å². The van der Waals surface area contributed by atoms with E-state index in [9.17, 15) is 14.9 Å². The Kier molecular flexibility index (Phi) is 3.62. The Morgan fingerprint density at radius 1 is 1.07 bits per heavy atom. The van der Waals surface area contributed by atoms with E-state index in [0.29, 0.717) is 17.7 Å². The Bertz CT molecular complexity index is 1120. The first-order valence-electron chi connectivity index (χ1n) is 9.72. The molecule has 2 bridgehead atoms. The fourth-order valence-electron chi connectivity index (χ4n) is 5.14. The number of ether oxygens (including phenoxy) is 1. The highest BCUT2D eigenvalue weighted by Crippen LogP contribution is 2.58. The first-order valence-corrected chi connectivity index (χ1v) is 9.72. The summed E-state index contributed by atoms with van der Waals surface area (Å²) in [4.78, 5) is 28.2. The van der Waals surface area contributed by atoms with Gasteiger partial charge in [-0.2, -0.15) is 5.26 Å². The summed E-state index contributed by atoms with van der Waals surface area (Å²) in [5.74, 6) is -1.56. The lowest BCUT2D eigenvalue weighted by Gasteiger charge is -2.29. The highest BCUT2D eigenvalue weighted by molar-refractivity contribution is 6.23. The molecule has 2 amide bonds. The quantitative estimate of drug-likeness (QED) is 0.601. The van der Waals surface area contributed by atoms with E-state index in [-0.39, 0.29) is 11.8 Å². The molecule has 144 valence electrons. The van der Waals surface area contributed by atoms with Crippen LogP contribution < -0.4 is 4.90 Å². The number of nitriles is 1. The van der Waals surface area contributed by atoms with Gasteiger partial charge in [0.15, 0.2) is 0 Å². The van der Waals surface area contributed by atoms with Crippen LogP contribution in [0.3, 0.4) is 0 Å². The third-order valence-electron chi connectivity index (χ3n) is 6.47. The summed E-state index contributed by atoms with van der Waals surface area (Å²) in [6.45, 7) is 3.69. The Labute approximate surface area is 169 Å². The molecule has 5 nitrogen and oxygen atoms in total. The number of benzene rings is 2. The van der Waals surface area contributed by atoms with E-state index in [1.165, 1.54) is 4.90 Å². The Morgan fingerprint density at radius 2 is 1.79 bits per heavy atom. The van der Waals surface area contributed by atoms with Crippen molar-refractivity contribution in [3.05, 3.63) is 77.4 Å². The standard InChI is InChI=1S/C24H20N2O3/c1-15-12-18(9-8-17(15)14-25)26-21(27)19-20(22(26)28)24(11-10-23(19,2)29-24)13-16-6-4-3-5-7-16/h3-12,19-20H,13H2,1-2H3/t19-,20+,23?,24?/m0/s1. The zero-order chi connectivity index (χ0) is 20.4. The number of amides is 2. The summed E-state index contributed by atoms with van der Waals surface area (Å²) in [5.41, 5.74) is 1.25. The molecule has 3 aliphatic heterocycles. The van der Waals surface area contributed by atoms with Crippen molar-refractivity contribution in [1.82, 2.24) is 0 Å². The molecule has 2 fully saturated rings. The molecule has 29 heavy (non-hydrogen) atoms. The summed E-state index contributed by atoms with van der Waals surface area (Å²) in [5, 5.41) is 9.17. The van der Waals surface area contributed by atoms with Gasteiger partial charge in [-0.1, -0.05) is 42.5 Å². The molecule has 0 spiro atoms. The van der Waals surface area contributed by atoms with E-state index in [4.69, 9.17) is 4.74 Å². The van der Waals surface area contributed by atoms with Gasteiger partial charge >= 0.3 is 0 Å². The van der Waals surface area contributed by atoms with Gasteiger partial charge in [-0.25, -0.2) is 4.90 Å². The topological polar surface area (TPSA) is 70.4 Å². The monoisotopic (exact) mass is 384 g/mol. The molecule has 0 aliphatic carbocycles. The average Bonchev–Trinajstić information content (AvgIpc) is 3.27. The molecule has 2 aromatic carbocycles. The van der Waals surface area contributed by atoms with Gasteiger partial charge in [0, 0.05) is 6.42 Å². The molecular formula is C24H20N2O3. The molecule has 0 aromatic heterocycles. The molecule has 4 atom stereocenters. The van der Waals surface area contributed by atoms with E-state index in [1.54, 1.807) is 25.1 Å². The first kappa shape index (κ1) is 17.8. The third-order valence-corrected chi connectivity index (χ3v) is 6.47. The molecule has 0 radical (unpaired) electrons. The lowest BCUT2D eigenvalue weighted by atomic mass is 9.70. The zero-order valence-electron chi connectivity index (χ0n) is 16.3. The number of imide groups is 1. The van der Waals surface area contributed by atoms with Crippen LogP contribution in [0.15, 0.2) is 60.7 Å². The molecule has 2 aromatic rings. The molecule has 3 heterocycles. The van der Waals surface area contributed by atoms with Crippen molar-refractivity contribution < 1.29 is 14.3 Å². The number of hydrogen-bond acceptors (Lipinski definition) is 4. The molecule has 2 unspecified atom stereocenters. The zero-order valence-corrected chi connectivity index (χ0v) is 16.3. The van der Waals surface area contributed by atoms with Gasteiger partial charge in [0.1, 0.15) is 5.60 Å². The van der Waals surface area contributed by atoms with E-state index in [2.05, 4.69) is 6.07 Å². The average molecular weight is 384 g/mol. The van der Waals surface area contributed by atoms with Gasteiger partial charge in [0.2, 0.25) is 11.8 Å². The number of fused-ring (bicyclic) bond motifs is 5.